The predicted octanol–water partition coefficient (Wildman–Crippen LogP) is -1.22. The van der Waals surface area contributed by atoms with E-state index in [-0.39, 0.29) is 19.9 Å². The minimum Gasteiger partial charge on any atom is -0.387 e. The van der Waals surface area contributed by atoms with Crippen LogP contribution in [-0.4, -0.2) is 77.2 Å². The van der Waals surface area contributed by atoms with Gasteiger partial charge in [-0.2, -0.15) is 0 Å². The van der Waals surface area contributed by atoms with Crippen LogP contribution < -0.4 is 5.32 Å². The molecule has 4 N–H and O–H groups in total. The highest BCUT2D eigenvalue weighted by atomic mass is 31.2. The van der Waals surface area contributed by atoms with Crippen LogP contribution in [-0.2, 0) is 18.6 Å². The van der Waals surface area contributed by atoms with Gasteiger partial charge < -0.3 is 34.4 Å². The molecule has 2 rings (SSSR count). The largest absolute Gasteiger partial charge is 0.387 e. The molecule has 5 atom stereocenters. The highest BCUT2D eigenvalue weighted by Gasteiger charge is 2.47. The van der Waals surface area contributed by atoms with E-state index < -0.39 is 38.2 Å². The molecular weight excluding hydrogens is 319 g/mol. The zero-order valence-electron chi connectivity index (χ0n) is 11.9. The fourth-order valence-electron chi connectivity index (χ4n) is 2.06. The van der Waals surface area contributed by atoms with Crippen molar-refractivity contribution in [2.75, 3.05) is 26.6 Å². The van der Waals surface area contributed by atoms with Crippen molar-refractivity contribution >= 4 is 13.6 Å². The molecular formula is C11H19N2O8P. The molecule has 1 saturated heterocycles. The zero-order valence-corrected chi connectivity index (χ0v) is 12.8. The van der Waals surface area contributed by atoms with Gasteiger partial charge in [0.05, 0.1) is 13.2 Å². The summed E-state index contributed by atoms with van der Waals surface area (Å²) >= 11 is 0. The van der Waals surface area contributed by atoms with Gasteiger partial charge in [0.1, 0.15) is 25.0 Å². The number of nitrogens with one attached hydrogen (secondary N) is 1. The monoisotopic (exact) mass is 338 g/mol. The van der Waals surface area contributed by atoms with Crippen LogP contribution in [0.1, 0.15) is 0 Å². The number of amides is 2. The predicted molar refractivity (Wildman–Crippen MR) is 72.7 cm³/mol. The summed E-state index contributed by atoms with van der Waals surface area (Å²) in [7, 11) is -3.74. The summed E-state index contributed by atoms with van der Waals surface area (Å²) in [5.74, 6) is 0. The summed E-state index contributed by atoms with van der Waals surface area (Å²) < 4.78 is 26.2. The summed E-state index contributed by atoms with van der Waals surface area (Å²) in [6, 6.07) is -0.572. The average Bonchev–Trinajstić information content (AvgIpc) is 2.69. The lowest BCUT2D eigenvalue weighted by Crippen LogP contribution is -2.49. The maximum absolute atomic E-state index is 11.9. The van der Waals surface area contributed by atoms with Gasteiger partial charge in [-0.3, -0.25) is 9.46 Å². The van der Waals surface area contributed by atoms with Crippen molar-refractivity contribution < 1.29 is 38.5 Å². The van der Waals surface area contributed by atoms with Crippen LogP contribution >= 0.6 is 7.60 Å². The number of ether oxygens (including phenoxy) is 2. The Kier molecular flexibility index (Phi) is 5.56. The van der Waals surface area contributed by atoms with Crippen molar-refractivity contribution in [1.82, 2.24) is 10.2 Å². The Labute approximate surface area is 126 Å². The Balaban J connectivity index is 2.06. The summed E-state index contributed by atoms with van der Waals surface area (Å²) in [4.78, 5) is 22.1. The number of hydrogen-bond acceptors (Lipinski definition) is 7. The smallest absolute Gasteiger partial charge is 0.325 e. The molecule has 22 heavy (non-hydrogen) atoms. The van der Waals surface area contributed by atoms with Crippen LogP contribution in [0.5, 0.6) is 0 Å². The minimum absolute atomic E-state index is 0.00110. The van der Waals surface area contributed by atoms with Gasteiger partial charge in [0, 0.05) is 12.9 Å². The summed E-state index contributed by atoms with van der Waals surface area (Å²) in [5, 5.41) is 22.4. The second-order valence-electron chi connectivity index (χ2n) is 4.93. The fourth-order valence-corrected chi connectivity index (χ4v) is 2.49. The summed E-state index contributed by atoms with van der Waals surface area (Å²) in [5.41, 5.74) is 0. The first-order chi connectivity index (χ1) is 10.3. The van der Waals surface area contributed by atoms with Gasteiger partial charge in [-0.1, -0.05) is 0 Å². The van der Waals surface area contributed by atoms with Crippen molar-refractivity contribution in [2.24, 2.45) is 0 Å². The lowest BCUT2D eigenvalue weighted by Gasteiger charge is -2.28. The quantitative estimate of drug-likeness (QED) is 0.468. The molecule has 0 spiro atoms. The third kappa shape index (κ3) is 4.26. The molecule has 2 aliphatic heterocycles. The van der Waals surface area contributed by atoms with E-state index in [9.17, 15) is 19.6 Å². The molecule has 0 radical (unpaired) electrons. The minimum atomic E-state index is -3.74. The van der Waals surface area contributed by atoms with E-state index >= 15 is 0 Å². The molecule has 1 unspecified atom stereocenters. The van der Waals surface area contributed by atoms with Gasteiger partial charge >= 0.3 is 13.6 Å². The van der Waals surface area contributed by atoms with Gasteiger partial charge in [-0.15, -0.1) is 0 Å². The standard InChI is InChI=1S/C11H19N2O8P/c1-22(17,18)20-5-7-8(14)9(15)10(21-7)13-3-2-4-19-6-12-11(13)16/h2-3,7-10,14-15H,4-6H2,1H3,(H,12,16)(H,17,18)/b3-2-/t7-,8-,9-,10-/m1/s1. The van der Waals surface area contributed by atoms with E-state index in [4.69, 9.17) is 18.9 Å². The maximum Gasteiger partial charge on any atom is 0.325 e. The highest BCUT2D eigenvalue weighted by molar-refractivity contribution is 7.51. The molecule has 0 bridgehead atoms. The molecule has 11 heteroatoms. The molecule has 0 saturated carbocycles. The second kappa shape index (κ2) is 7.05. The normalized spacial score (nSPS) is 37.1. The van der Waals surface area contributed by atoms with Crippen molar-refractivity contribution in [3.63, 3.8) is 0 Å². The van der Waals surface area contributed by atoms with Crippen molar-refractivity contribution in [3.05, 3.63) is 12.3 Å². The Morgan fingerprint density at radius 3 is 2.91 bits per heavy atom. The van der Waals surface area contributed by atoms with Gasteiger partial charge in [-0.25, -0.2) is 4.79 Å². The summed E-state index contributed by atoms with van der Waals surface area (Å²) in [6.07, 6.45) is -2.01. The van der Waals surface area contributed by atoms with Crippen molar-refractivity contribution in [1.29, 1.82) is 0 Å². The van der Waals surface area contributed by atoms with Gasteiger partial charge in [0.2, 0.25) is 0 Å². The van der Waals surface area contributed by atoms with Gasteiger partial charge in [-0.05, 0) is 6.08 Å². The number of urea groups is 1. The molecule has 2 amide bonds. The molecule has 0 aromatic heterocycles. The van der Waals surface area contributed by atoms with Gasteiger partial charge in [0.15, 0.2) is 6.23 Å². The number of aliphatic hydroxyl groups excluding tert-OH is 2. The maximum atomic E-state index is 11.9. The van der Waals surface area contributed by atoms with Crippen LogP contribution in [0.2, 0.25) is 0 Å². The summed E-state index contributed by atoms with van der Waals surface area (Å²) in [6.45, 7) is 0.872. The van der Waals surface area contributed by atoms with Crippen LogP contribution in [0.4, 0.5) is 4.79 Å². The third-order valence-corrected chi connectivity index (χ3v) is 3.76. The molecule has 1 fully saturated rings. The van der Waals surface area contributed by atoms with E-state index in [1.54, 1.807) is 6.08 Å². The number of carbonyl (C=O) groups excluding carboxylic acids is 1. The Hall–Kier alpha value is -1.00. The molecule has 2 heterocycles. The van der Waals surface area contributed by atoms with E-state index in [1.165, 1.54) is 6.20 Å². The molecule has 126 valence electrons. The van der Waals surface area contributed by atoms with E-state index in [2.05, 4.69) is 5.32 Å². The number of hydrogen-bond donors (Lipinski definition) is 4. The third-order valence-electron chi connectivity index (χ3n) is 3.13. The molecule has 0 aliphatic carbocycles. The molecule has 2 aliphatic rings. The van der Waals surface area contributed by atoms with Crippen LogP contribution in [0, 0.1) is 0 Å². The lowest BCUT2D eigenvalue weighted by molar-refractivity contribution is -0.0645. The number of rotatable bonds is 4. The Morgan fingerprint density at radius 2 is 2.23 bits per heavy atom. The first-order valence-corrected chi connectivity index (χ1v) is 8.59. The topological polar surface area (TPSA) is 138 Å². The van der Waals surface area contributed by atoms with Crippen molar-refractivity contribution in [2.45, 2.75) is 24.5 Å². The van der Waals surface area contributed by atoms with E-state index in [0.717, 1.165) is 11.6 Å². The number of aliphatic hydroxyl groups is 2. The highest BCUT2D eigenvalue weighted by Crippen LogP contribution is 2.38. The van der Waals surface area contributed by atoms with E-state index in [1.807, 2.05) is 0 Å². The van der Waals surface area contributed by atoms with Crippen molar-refractivity contribution in [3.8, 4) is 0 Å². The number of nitrogens with zero attached hydrogens (tertiary/aromatic N) is 1. The first-order valence-electron chi connectivity index (χ1n) is 6.56. The van der Waals surface area contributed by atoms with Gasteiger partial charge in [0.25, 0.3) is 0 Å². The average molecular weight is 338 g/mol. The Bertz CT molecular complexity index is 481. The lowest BCUT2D eigenvalue weighted by atomic mass is 10.1. The molecule has 0 aromatic rings. The molecule has 0 aromatic carbocycles. The SMILES string of the molecule is CP(=O)(O)OC[C@H]1O[C@@H](N2/C=C\COCNC2=O)[C@H](O)[C@@H]1O. The van der Waals surface area contributed by atoms with E-state index in [0.29, 0.717) is 0 Å². The van der Waals surface area contributed by atoms with Crippen LogP contribution in [0.15, 0.2) is 12.3 Å². The van der Waals surface area contributed by atoms with Crippen LogP contribution in [0.25, 0.3) is 0 Å². The number of carbonyl (C=O) groups is 1. The fraction of sp³-hybridized carbons (Fsp3) is 0.727. The first kappa shape index (κ1) is 17.4. The zero-order chi connectivity index (χ0) is 16.3. The molecule has 10 nitrogen and oxygen atoms in total. The second-order valence-corrected chi connectivity index (χ2v) is 6.80. The Morgan fingerprint density at radius 1 is 1.50 bits per heavy atom. The van der Waals surface area contributed by atoms with Crippen LogP contribution in [0.3, 0.4) is 0 Å².